The molecule has 0 radical (unpaired) electrons. The van der Waals surface area contributed by atoms with Crippen LogP contribution < -0.4 is 0 Å². The van der Waals surface area contributed by atoms with Gasteiger partial charge in [-0.1, -0.05) is 58.0 Å². The number of aliphatic carboxylic acids is 1. The second kappa shape index (κ2) is 3.84. The molecule has 88 valence electrons. The molecule has 15 heavy (non-hydrogen) atoms. The van der Waals surface area contributed by atoms with Crippen LogP contribution in [-0.4, -0.2) is 42.2 Å². The van der Waals surface area contributed by atoms with Gasteiger partial charge in [0.2, 0.25) is 5.00 Å². The summed E-state index contributed by atoms with van der Waals surface area (Å²) in [6, 6.07) is 0. The summed E-state index contributed by atoms with van der Waals surface area (Å²) < 4.78 is -4.07. The number of carboxylic acids is 1. The molecule has 1 saturated heterocycles. The molecule has 0 amide bonds. The lowest BCUT2D eigenvalue weighted by Gasteiger charge is -2.33. The molecule has 1 N–H and O–H groups in total. The van der Waals surface area contributed by atoms with Gasteiger partial charge in [0.15, 0.2) is 8.67 Å². The molecule has 0 bridgehead atoms. The summed E-state index contributed by atoms with van der Waals surface area (Å²) in [5.74, 6) is -1.48. The van der Waals surface area contributed by atoms with Gasteiger partial charge in [-0.3, -0.25) is 4.90 Å². The summed E-state index contributed by atoms with van der Waals surface area (Å²) in [4.78, 5) is 9.87. The van der Waals surface area contributed by atoms with Crippen LogP contribution in [0.2, 0.25) is 0 Å². The van der Waals surface area contributed by atoms with Gasteiger partial charge in [-0.15, -0.1) is 11.6 Å². The van der Waals surface area contributed by atoms with E-state index in [9.17, 15) is 4.79 Å². The maximum absolute atomic E-state index is 11.1. The Bertz CT molecular complexity index is 308. The van der Waals surface area contributed by atoms with Crippen LogP contribution in [0.1, 0.15) is 0 Å². The third-order valence-electron chi connectivity index (χ3n) is 2.24. The number of carboxylic acid groups (broad SMARTS) is 1. The predicted molar refractivity (Wildman–Crippen MR) is 62.5 cm³/mol. The second-order valence-electron chi connectivity index (χ2n) is 3.07. The van der Waals surface area contributed by atoms with E-state index in [4.69, 9.17) is 74.7 Å². The zero-order valence-electron chi connectivity index (χ0n) is 7.15. The van der Waals surface area contributed by atoms with Crippen molar-refractivity contribution in [3.63, 3.8) is 0 Å². The molecule has 0 aromatic rings. The third-order valence-corrected chi connectivity index (χ3v) is 6.50. The van der Waals surface area contributed by atoms with Crippen LogP contribution in [0.25, 0.3) is 0 Å². The van der Waals surface area contributed by atoms with E-state index in [1.165, 1.54) is 7.05 Å². The van der Waals surface area contributed by atoms with Crippen LogP contribution in [0.3, 0.4) is 0 Å². The van der Waals surface area contributed by atoms with Crippen molar-refractivity contribution in [1.82, 2.24) is 4.90 Å². The number of likely N-dealkylation sites (N-methyl/N-ethyl adjacent to an activating group) is 1. The Kier molecular flexibility index (Phi) is 3.64. The molecule has 0 aromatic carbocycles. The first kappa shape index (κ1) is 14.2. The second-order valence-corrected chi connectivity index (χ2v) is 6.74. The number of hydrogen-bond donors (Lipinski definition) is 1. The minimum absolute atomic E-state index is 0.998. The minimum atomic E-state index is -2.19. The Balaban J connectivity index is 3.39. The fourth-order valence-corrected chi connectivity index (χ4v) is 3.29. The molecule has 0 aromatic heterocycles. The normalized spacial score (nSPS) is 39.3. The molecule has 1 aliphatic rings. The van der Waals surface area contributed by atoms with Gasteiger partial charge >= 0.3 is 5.97 Å². The highest BCUT2D eigenvalue weighted by molar-refractivity contribution is 6.69. The lowest BCUT2D eigenvalue weighted by atomic mass is 10.2. The monoisotopic (exact) mass is 333 g/mol. The fraction of sp³-hybridized carbons (Fsp3) is 0.833. The third kappa shape index (κ3) is 1.55. The summed E-state index contributed by atoms with van der Waals surface area (Å²) in [5.41, 5.74) is -1.13. The van der Waals surface area contributed by atoms with E-state index >= 15 is 0 Å². The molecule has 2 unspecified atom stereocenters. The number of likely N-dealkylation sites (tertiary alicyclic amines) is 1. The van der Waals surface area contributed by atoms with Crippen LogP contribution in [0, 0.1) is 0 Å². The first-order valence-corrected chi connectivity index (χ1v) is 5.88. The number of carbonyl (C=O) groups is 1. The van der Waals surface area contributed by atoms with Gasteiger partial charge in [-0.05, 0) is 7.05 Å². The average Bonchev–Trinajstić information content (AvgIpc) is 2.19. The SMILES string of the molecule is CN1C(Cl)C(Cl)(Cl)C(Cl)(Cl)C1(Cl)C(=O)O. The minimum Gasteiger partial charge on any atom is -0.479 e. The maximum atomic E-state index is 11.1. The van der Waals surface area contributed by atoms with Gasteiger partial charge < -0.3 is 5.11 Å². The van der Waals surface area contributed by atoms with Crippen molar-refractivity contribution in [2.24, 2.45) is 0 Å². The van der Waals surface area contributed by atoms with Crippen molar-refractivity contribution in [3.8, 4) is 0 Å². The fourth-order valence-electron chi connectivity index (χ4n) is 1.28. The molecule has 0 spiro atoms. The van der Waals surface area contributed by atoms with Crippen molar-refractivity contribution in [1.29, 1.82) is 0 Å². The van der Waals surface area contributed by atoms with E-state index in [2.05, 4.69) is 0 Å². The smallest absolute Gasteiger partial charge is 0.343 e. The molecule has 1 rings (SSSR count). The molecule has 2 atom stereocenters. The van der Waals surface area contributed by atoms with Crippen LogP contribution >= 0.6 is 69.6 Å². The van der Waals surface area contributed by atoms with Crippen molar-refractivity contribution >= 4 is 75.6 Å². The highest BCUT2D eigenvalue weighted by atomic mass is 35.5. The highest BCUT2D eigenvalue weighted by Gasteiger charge is 2.76. The van der Waals surface area contributed by atoms with E-state index in [0.717, 1.165) is 4.90 Å². The van der Waals surface area contributed by atoms with Gasteiger partial charge in [-0.2, -0.15) is 0 Å². The van der Waals surface area contributed by atoms with Crippen molar-refractivity contribution in [3.05, 3.63) is 0 Å². The molecular formula is C6H5Cl6NO2. The zero-order valence-corrected chi connectivity index (χ0v) is 11.7. The maximum Gasteiger partial charge on any atom is 0.343 e. The molecule has 1 fully saturated rings. The average molecular weight is 336 g/mol. The Labute approximate surface area is 116 Å². The summed E-state index contributed by atoms with van der Waals surface area (Å²) in [7, 11) is 1.31. The topological polar surface area (TPSA) is 40.5 Å². The molecule has 0 aliphatic carbocycles. The Morgan fingerprint density at radius 1 is 1.27 bits per heavy atom. The van der Waals surface area contributed by atoms with E-state index in [1.54, 1.807) is 0 Å². The summed E-state index contributed by atoms with van der Waals surface area (Å²) in [5, 5.41) is 9.01. The van der Waals surface area contributed by atoms with Gasteiger partial charge in [0, 0.05) is 0 Å². The summed E-state index contributed by atoms with van der Waals surface area (Å²) in [6.07, 6.45) is 0. The van der Waals surface area contributed by atoms with Gasteiger partial charge in [0.25, 0.3) is 0 Å². The van der Waals surface area contributed by atoms with Crippen LogP contribution in [0.5, 0.6) is 0 Å². The number of halogens is 6. The first-order valence-electron chi connectivity index (χ1n) is 3.56. The highest BCUT2D eigenvalue weighted by Crippen LogP contribution is 2.62. The van der Waals surface area contributed by atoms with Gasteiger partial charge in [0.05, 0.1) is 0 Å². The van der Waals surface area contributed by atoms with E-state index in [-0.39, 0.29) is 0 Å². The van der Waals surface area contributed by atoms with Crippen molar-refractivity contribution < 1.29 is 9.90 Å². The van der Waals surface area contributed by atoms with Crippen molar-refractivity contribution in [2.45, 2.75) is 19.2 Å². The van der Waals surface area contributed by atoms with Crippen LogP contribution in [0.4, 0.5) is 0 Å². The lowest BCUT2D eigenvalue weighted by molar-refractivity contribution is -0.144. The molecule has 1 aliphatic heterocycles. The van der Waals surface area contributed by atoms with E-state index < -0.39 is 25.1 Å². The number of hydrogen-bond acceptors (Lipinski definition) is 2. The number of rotatable bonds is 1. The molecular weight excluding hydrogens is 331 g/mol. The van der Waals surface area contributed by atoms with Gasteiger partial charge in [0.1, 0.15) is 5.50 Å². The quantitative estimate of drug-likeness (QED) is 0.591. The largest absolute Gasteiger partial charge is 0.479 e. The Morgan fingerprint density at radius 3 is 1.80 bits per heavy atom. The first-order chi connectivity index (χ1) is 6.51. The molecule has 3 nitrogen and oxygen atoms in total. The molecule has 1 heterocycles. The van der Waals surface area contributed by atoms with Gasteiger partial charge in [-0.25, -0.2) is 4.79 Å². The number of alkyl halides is 6. The zero-order chi connectivity index (χ0) is 12.2. The van der Waals surface area contributed by atoms with E-state index in [1.807, 2.05) is 0 Å². The van der Waals surface area contributed by atoms with Crippen molar-refractivity contribution in [2.75, 3.05) is 7.05 Å². The summed E-state index contributed by atoms with van der Waals surface area (Å²) in [6.45, 7) is 0. The Hall–Kier alpha value is 1.17. The van der Waals surface area contributed by atoms with Crippen LogP contribution in [0.15, 0.2) is 0 Å². The number of nitrogens with zero attached hydrogens (tertiary/aromatic N) is 1. The van der Waals surface area contributed by atoms with Crippen LogP contribution in [-0.2, 0) is 4.79 Å². The standard InChI is InChI=1S/C6H5Cl6NO2/c1-13-2(7)4(8,9)6(11,12)5(13,10)3(14)15/h2H,1H3,(H,14,15). The predicted octanol–water partition coefficient (Wildman–Crippen LogP) is 2.86. The summed E-state index contributed by atoms with van der Waals surface area (Å²) >= 11 is 34.9. The molecule has 9 heteroatoms. The Morgan fingerprint density at radius 2 is 1.67 bits per heavy atom. The van der Waals surface area contributed by atoms with E-state index in [0.29, 0.717) is 0 Å². The lowest BCUT2D eigenvalue weighted by Crippen LogP contribution is -2.55. The molecule has 0 saturated carbocycles.